The fraction of sp³-hybridized carbons (Fsp3) is 0.250. The van der Waals surface area contributed by atoms with E-state index in [4.69, 9.17) is 0 Å². The Balaban J connectivity index is 1.89. The van der Waals surface area contributed by atoms with E-state index in [1.807, 2.05) is 18.2 Å². The van der Waals surface area contributed by atoms with Crippen LogP contribution in [0, 0.1) is 5.92 Å². The van der Waals surface area contributed by atoms with E-state index in [0.29, 0.717) is 12.1 Å². The maximum atomic E-state index is 12.3. The highest BCUT2D eigenvalue weighted by Gasteiger charge is 2.32. The summed E-state index contributed by atoms with van der Waals surface area (Å²) in [5, 5.41) is 19.1. The average Bonchev–Trinajstić information content (AvgIpc) is 2.98. The average molecular weight is 305 g/mol. The monoisotopic (exact) mass is 305 g/mol. The molecule has 2 amide bonds. The van der Waals surface area contributed by atoms with Crippen molar-refractivity contribution in [3.63, 3.8) is 0 Å². The van der Waals surface area contributed by atoms with Gasteiger partial charge in [0, 0.05) is 23.8 Å². The number of aliphatic carboxylic acids is 1. The SMILES string of the molecule is O=C(O)C1Cc2ccccc2N(C(=O)Nc2nnns2)C1. The third-order valence-corrected chi connectivity index (χ3v) is 3.77. The first-order valence-corrected chi connectivity index (χ1v) is 6.97. The van der Waals surface area contributed by atoms with Crippen molar-refractivity contribution in [2.45, 2.75) is 6.42 Å². The molecule has 1 aliphatic heterocycles. The summed E-state index contributed by atoms with van der Waals surface area (Å²) < 4.78 is 3.56. The van der Waals surface area contributed by atoms with Gasteiger partial charge in [-0.1, -0.05) is 27.8 Å². The van der Waals surface area contributed by atoms with Gasteiger partial charge in [0.2, 0.25) is 5.13 Å². The number of amides is 2. The third-order valence-electron chi connectivity index (χ3n) is 3.26. The van der Waals surface area contributed by atoms with Gasteiger partial charge >= 0.3 is 12.0 Å². The molecule has 2 heterocycles. The second kappa shape index (κ2) is 5.44. The highest BCUT2D eigenvalue weighted by atomic mass is 32.1. The van der Waals surface area contributed by atoms with Crippen LogP contribution in [-0.4, -0.2) is 38.5 Å². The highest BCUT2D eigenvalue weighted by molar-refractivity contribution is 7.09. The van der Waals surface area contributed by atoms with Crippen LogP contribution in [0.3, 0.4) is 0 Å². The summed E-state index contributed by atoms with van der Waals surface area (Å²) in [5.74, 6) is -1.54. The molecule has 21 heavy (non-hydrogen) atoms. The Morgan fingerprint density at radius 1 is 1.38 bits per heavy atom. The first kappa shape index (κ1) is 13.4. The summed E-state index contributed by atoms with van der Waals surface area (Å²) in [5.41, 5.74) is 1.55. The summed E-state index contributed by atoms with van der Waals surface area (Å²) in [7, 11) is 0. The van der Waals surface area contributed by atoms with Gasteiger partial charge in [0.1, 0.15) is 0 Å². The van der Waals surface area contributed by atoms with Gasteiger partial charge in [-0.15, -0.1) is 0 Å². The Hall–Kier alpha value is -2.55. The molecule has 0 fully saturated rings. The standard InChI is InChI=1S/C12H11N5O3S/c18-10(19)8-5-7-3-1-2-4-9(7)17(6-8)12(20)13-11-14-15-16-21-11/h1-4,8H,5-6H2,(H,18,19)(H,13,14,16,20). The Morgan fingerprint density at radius 2 is 2.19 bits per heavy atom. The minimum atomic E-state index is -0.917. The van der Waals surface area contributed by atoms with Gasteiger partial charge in [-0.05, 0) is 23.3 Å². The lowest BCUT2D eigenvalue weighted by Gasteiger charge is -2.32. The summed E-state index contributed by atoms with van der Waals surface area (Å²) >= 11 is 0.956. The first-order chi connectivity index (χ1) is 10.1. The van der Waals surface area contributed by atoms with Crippen LogP contribution in [0.4, 0.5) is 15.6 Å². The molecule has 108 valence electrons. The van der Waals surface area contributed by atoms with Crippen LogP contribution >= 0.6 is 11.5 Å². The number of carbonyl (C=O) groups excluding carboxylic acids is 1. The van der Waals surface area contributed by atoms with Gasteiger partial charge in [0.05, 0.1) is 5.92 Å². The zero-order valence-corrected chi connectivity index (χ0v) is 11.6. The van der Waals surface area contributed by atoms with Gasteiger partial charge in [-0.3, -0.25) is 15.0 Å². The van der Waals surface area contributed by atoms with Gasteiger partial charge in [0.15, 0.2) is 0 Å². The van der Waals surface area contributed by atoms with Crippen LogP contribution in [0.1, 0.15) is 5.56 Å². The molecule has 2 aromatic rings. The molecule has 1 aliphatic rings. The molecule has 0 saturated carbocycles. The number of para-hydroxylation sites is 1. The van der Waals surface area contributed by atoms with E-state index in [0.717, 1.165) is 17.1 Å². The summed E-state index contributed by atoms with van der Waals surface area (Å²) in [6.07, 6.45) is 0.412. The lowest BCUT2D eigenvalue weighted by Crippen LogP contribution is -2.44. The Kier molecular flexibility index (Phi) is 3.48. The first-order valence-electron chi connectivity index (χ1n) is 6.19. The lowest BCUT2D eigenvalue weighted by atomic mass is 9.93. The molecule has 8 nitrogen and oxygen atoms in total. The summed E-state index contributed by atoms with van der Waals surface area (Å²) in [6, 6.07) is 6.83. The molecule has 0 bridgehead atoms. The van der Waals surface area contributed by atoms with Gasteiger partial charge in [0.25, 0.3) is 0 Å². The van der Waals surface area contributed by atoms with Gasteiger partial charge in [-0.2, -0.15) is 0 Å². The molecule has 2 N–H and O–H groups in total. The van der Waals surface area contributed by atoms with Crippen LogP contribution < -0.4 is 10.2 Å². The van der Waals surface area contributed by atoms with Crippen LogP contribution in [0.2, 0.25) is 0 Å². The van der Waals surface area contributed by atoms with Crippen LogP contribution in [-0.2, 0) is 11.2 Å². The van der Waals surface area contributed by atoms with Crippen molar-refractivity contribution in [1.82, 2.24) is 14.8 Å². The molecule has 1 unspecified atom stereocenters. The predicted octanol–water partition coefficient (Wildman–Crippen LogP) is 1.23. The molecule has 0 spiro atoms. The van der Waals surface area contributed by atoms with Crippen molar-refractivity contribution in [3.8, 4) is 0 Å². The number of hydrogen-bond donors (Lipinski definition) is 2. The van der Waals surface area contributed by atoms with Gasteiger partial charge < -0.3 is 5.11 Å². The van der Waals surface area contributed by atoms with Crippen molar-refractivity contribution >= 4 is 34.4 Å². The number of aromatic nitrogens is 3. The lowest BCUT2D eigenvalue weighted by molar-refractivity contribution is -0.141. The number of anilines is 2. The minimum Gasteiger partial charge on any atom is -0.481 e. The van der Waals surface area contributed by atoms with E-state index in [1.54, 1.807) is 6.07 Å². The molecule has 0 aliphatic carbocycles. The maximum Gasteiger partial charge on any atom is 0.328 e. The van der Waals surface area contributed by atoms with E-state index in [2.05, 4.69) is 20.1 Å². The van der Waals surface area contributed by atoms with E-state index in [-0.39, 0.29) is 11.7 Å². The molecule has 1 atom stereocenters. The Morgan fingerprint density at radius 3 is 2.90 bits per heavy atom. The van der Waals surface area contributed by atoms with Crippen molar-refractivity contribution in [1.29, 1.82) is 0 Å². The minimum absolute atomic E-state index is 0.115. The number of carbonyl (C=O) groups is 2. The molecule has 3 rings (SSSR count). The number of carboxylic acid groups (broad SMARTS) is 1. The number of urea groups is 1. The van der Waals surface area contributed by atoms with Crippen molar-refractivity contribution in [2.75, 3.05) is 16.8 Å². The van der Waals surface area contributed by atoms with E-state index in [9.17, 15) is 14.7 Å². The zero-order valence-electron chi connectivity index (χ0n) is 10.8. The van der Waals surface area contributed by atoms with Crippen molar-refractivity contribution < 1.29 is 14.7 Å². The molecular formula is C12H11N5O3S. The fourth-order valence-corrected chi connectivity index (χ4v) is 2.65. The van der Waals surface area contributed by atoms with Crippen LogP contribution in [0.25, 0.3) is 0 Å². The summed E-state index contributed by atoms with van der Waals surface area (Å²) in [4.78, 5) is 25.0. The summed E-state index contributed by atoms with van der Waals surface area (Å²) in [6.45, 7) is 0.115. The van der Waals surface area contributed by atoms with Crippen molar-refractivity contribution in [2.24, 2.45) is 5.92 Å². The fourth-order valence-electron chi connectivity index (χ4n) is 2.29. The van der Waals surface area contributed by atoms with E-state index >= 15 is 0 Å². The number of carboxylic acids is 1. The number of hydrogen-bond acceptors (Lipinski definition) is 6. The maximum absolute atomic E-state index is 12.3. The normalized spacial score (nSPS) is 17.1. The molecule has 0 radical (unpaired) electrons. The topological polar surface area (TPSA) is 108 Å². The van der Waals surface area contributed by atoms with Crippen LogP contribution in [0.5, 0.6) is 0 Å². The number of fused-ring (bicyclic) bond motifs is 1. The highest BCUT2D eigenvalue weighted by Crippen LogP contribution is 2.30. The molecule has 1 aromatic carbocycles. The molecule has 0 saturated heterocycles. The van der Waals surface area contributed by atoms with E-state index < -0.39 is 17.9 Å². The second-order valence-electron chi connectivity index (χ2n) is 4.58. The number of nitrogens with one attached hydrogen (secondary N) is 1. The Labute approximate surface area is 123 Å². The van der Waals surface area contributed by atoms with Crippen LogP contribution in [0.15, 0.2) is 24.3 Å². The Bertz CT molecular complexity index is 675. The second-order valence-corrected chi connectivity index (χ2v) is 5.31. The zero-order chi connectivity index (χ0) is 14.8. The molecule has 9 heteroatoms. The number of benzene rings is 1. The third kappa shape index (κ3) is 2.68. The number of nitrogens with zero attached hydrogens (tertiary/aromatic N) is 4. The predicted molar refractivity (Wildman–Crippen MR) is 75.3 cm³/mol. The van der Waals surface area contributed by atoms with Crippen molar-refractivity contribution in [3.05, 3.63) is 29.8 Å². The molecular weight excluding hydrogens is 294 g/mol. The molecule has 1 aromatic heterocycles. The number of rotatable bonds is 2. The smallest absolute Gasteiger partial charge is 0.328 e. The van der Waals surface area contributed by atoms with Gasteiger partial charge in [-0.25, -0.2) is 4.79 Å². The quantitative estimate of drug-likeness (QED) is 0.864. The van der Waals surface area contributed by atoms with E-state index in [1.165, 1.54) is 4.90 Å². The largest absolute Gasteiger partial charge is 0.481 e.